The Hall–Kier alpha value is -8.10. The topological polar surface area (TPSA) is 91.2 Å². The number of benzene rings is 8. The summed E-state index contributed by atoms with van der Waals surface area (Å²) in [7, 11) is 0. The molecule has 12 rings (SSSR count). The molecule has 1 aliphatic carbocycles. The quantitative estimate of drug-likeness (QED) is 0.176. The van der Waals surface area contributed by atoms with E-state index in [1.807, 2.05) is 78.5 Å². The lowest BCUT2D eigenvalue weighted by atomic mass is 9.67. The van der Waals surface area contributed by atoms with Gasteiger partial charge in [-0.05, 0) is 75.8 Å². The number of hydrogen-bond acceptors (Lipinski definition) is 6. The first-order chi connectivity index (χ1) is 30.1. The Kier molecular flexibility index (Phi) is 7.71. The summed E-state index contributed by atoms with van der Waals surface area (Å²) in [5, 5.41) is 24.1. The molecule has 0 bridgehead atoms. The largest absolute Gasteiger partial charge is 0.307 e. The summed E-state index contributed by atoms with van der Waals surface area (Å²) in [6.07, 6.45) is 0. The Labute approximate surface area is 355 Å². The van der Waals surface area contributed by atoms with E-state index in [0.717, 1.165) is 38.5 Å². The average Bonchev–Trinajstić information content (AvgIpc) is 3.80. The Morgan fingerprint density at radius 2 is 0.934 bits per heavy atom. The molecular formula is C54H30N6S. The SMILES string of the molecule is N#Cc1cc(-c2nc(-c3ccccc3)nc(-c3ccccc3)n2)cc(C#N)c1-n1c2ccccc2c2cc3c(cc21)-c1ccccc1C31c2ccccc2Sc2ccccc21. The van der Waals surface area contributed by atoms with Crippen LogP contribution in [0.1, 0.15) is 33.4 Å². The van der Waals surface area contributed by atoms with Gasteiger partial charge in [0.15, 0.2) is 17.5 Å². The van der Waals surface area contributed by atoms with E-state index in [9.17, 15) is 10.5 Å². The first-order valence-corrected chi connectivity index (χ1v) is 20.9. The minimum atomic E-state index is -0.541. The smallest absolute Gasteiger partial charge is 0.164 e. The molecule has 1 spiro atoms. The minimum absolute atomic E-state index is 0.337. The van der Waals surface area contributed by atoms with Crippen molar-refractivity contribution in [1.82, 2.24) is 19.5 Å². The summed E-state index contributed by atoms with van der Waals surface area (Å²) < 4.78 is 2.11. The molecule has 6 nitrogen and oxygen atoms in total. The first-order valence-electron chi connectivity index (χ1n) is 20.1. The molecule has 0 amide bonds. The van der Waals surface area contributed by atoms with Gasteiger partial charge in [0.1, 0.15) is 12.1 Å². The molecule has 0 N–H and O–H groups in total. The second-order valence-electron chi connectivity index (χ2n) is 15.3. The van der Waals surface area contributed by atoms with Gasteiger partial charge in [-0.1, -0.05) is 151 Å². The van der Waals surface area contributed by atoms with Crippen molar-refractivity contribution in [2.75, 3.05) is 0 Å². The van der Waals surface area contributed by atoms with Crippen LogP contribution in [0.4, 0.5) is 0 Å². The van der Waals surface area contributed by atoms with Gasteiger partial charge in [-0.2, -0.15) is 10.5 Å². The summed E-state index contributed by atoms with van der Waals surface area (Å²) >= 11 is 1.83. The Morgan fingerprint density at radius 3 is 1.54 bits per heavy atom. The zero-order valence-corrected chi connectivity index (χ0v) is 33.2. The van der Waals surface area contributed by atoms with Crippen molar-refractivity contribution in [2.45, 2.75) is 15.2 Å². The summed E-state index contributed by atoms with van der Waals surface area (Å²) in [4.78, 5) is 17.2. The van der Waals surface area contributed by atoms with Crippen LogP contribution in [-0.2, 0) is 5.41 Å². The minimum Gasteiger partial charge on any atom is -0.307 e. The van der Waals surface area contributed by atoms with E-state index in [4.69, 9.17) is 15.0 Å². The lowest BCUT2D eigenvalue weighted by molar-refractivity contribution is 0.723. The lowest BCUT2D eigenvalue weighted by Crippen LogP contribution is -2.31. The third-order valence-electron chi connectivity index (χ3n) is 12.2. The summed E-state index contributed by atoms with van der Waals surface area (Å²) in [5.74, 6) is 1.38. The molecule has 61 heavy (non-hydrogen) atoms. The van der Waals surface area contributed by atoms with Crippen molar-refractivity contribution < 1.29 is 0 Å². The summed E-state index contributed by atoms with van der Waals surface area (Å²) in [6.45, 7) is 0. The molecule has 0 unspecified atom stereocenters. The predicted octanol–water partition coefficient (Wildman–Crippen LogP) is 12.5. The van der Waals surface area contributed by atoms with Crippen LogP contribution in [0.15, 0.2) is 192 Å². The summed E-state index contributed by atoms with van der Waals surface area (Å²) in [5.41, 5.74) is 12.0. The maximum Gasteiger partial charge on any atom is 0.164 e. The third-order valence-corrected chi connectivity index (χ3v) is 13.3. The van der Waals surface area contributed by atoms with Crippen LogP contribution < -0.4 is 0 Å². The number of aromatic nitrogens is 4. The van der Waals surface area contributed by atoms with Crippen LogP contribution in [0.3, 0.4) is 0 Å². The van der Waals surface area contributed by atoms with Crippen LogP contribution in [0.25, 0.3) is 72.8 Å². The molecule has 10 aromatic rings. The number of nitriles is 2. The molecule has 0 saturated carbocycles. The van der Waals surface area contributed by atoms with Crippen LogP contribution in [0.5, 0.6) is 0 Å². The van der Waals surface area contributed by atoms with Gasteiger partial charge in [0.2, 0.25) is 0 Å². The van der Waals surface area contributed by atoms with Gasteiger partial charge < -0.3 is 4.57 Å². The van der Waals surface area contributed by atoms with E-state index in [-0.39, 0.29) is 0 Å². The second kappa shape index (κ2) is 13.5. The van der Waals surface area contributed by atoms with Crippen molar-refractivity contribution in [2.24, 2.45) is 0 Å². The third kappa shape index (κ3) is 5.05. The fourth-order valence-electron chi connectivity index (χ4n) is 9.67. The molecule has 8 aromatic carbocycles. The average molecular weight is 795 g/mol. The van der Waals surface area contributed by atoms with Gasteiger partial charge in [-0.3, -0.25) is 0 Å². The van der Waals surface area contributed by atoms with Crippen molar-refractivity contribution in [3.05, 3.63) is 215 Å². The van der Waals surface area contributed by atoms with Gasteiger partial charge in [-0.15, -0.1) is 0 Å². The fourth-order valence-corrected chi connectivity index (χ4v) is 10.9. The Balaban J connectivity index is 1.12. The molecule has 0 radical (unpaired) electrons. The van der Waals surface area contributed by atoms with Gasteiger partial charge in [0, 0.05) is 37.3 Å². The molecule has 7 heteroatoms. The van der Waals surface area contributed by atoms with Gasteiger partial charge in [0.05, 0.1) is 33.3 Å². The molecule has 2 aliphatic rings. The standard InChI is InChI=1S/C54H30N6S/c55-31-36-27-35(53-58-51(33-15-3-1-4-16-33)57-52(59-53)34-17-5-2-6-18-34)28-37(32-56)50(36)60-46-24-12-8-20-39(46)41-29-45-40(30-47(41)60)38-19-7-9-21-42(38)54(45)43-22-10-13-25-48(43)61-49-26-14-11-23-44(49)54/h1-30H. The number of para-hydroxylation sites is 1. The highest BCUT2D eigenvalue weighted by Gasteiger charge is 2.50. The molecule has 0 atom stereocenters. The maximum atomic E-state index is 11.0. The van der Waals surface area contributed by atoms with Crippen LogP contribution in [0, 0.1) is 22.7 Å². The highest BCUT2D eigenvalue weighted by atomic mass is 32.2. The van der Waals surface area contributed by atoms with E-state index < -0.39 is 5.41 Å². The van der Waals surface area contributed by atoms with Crippen LogP contribution in [0.2, 0.25) is 0 Å². The number of hydrogen-bond donors (Lipinski definition) is 0. The monoisotopic (exact) mass is 794 g/mol. The van der Waals surface area contributed by atoms with Gasteiger partial charge >= 0.3 is 0 Å². The molecule has 1 aliphatic heterocycles. The predicted molar refractivity (Wildman–Crippen MR) is 241 cm³/mol. The molecule has 0 saturated heterocycles. The van der Waals surface area contributed by atoms with E-state index in [2.05, 4.69) is 120 Å². The van der Waals surface area contributed by atoms with Crippen molar-refractivity contribution in [3.63, 3.8) is 0 Å². The zero-order chi connectivity index (χ0) is 40.7. The second-order valence-corrected chi connectivity index (χ2v) is 16.4. The van der Waals surface area contributed by atoms with E-state index in [1.165, 1.54) is 37.6 Å². The zero-order valence-electron chi connectivity index (χ0n) is 32.4. The Morgan fingerprint density at radius 1 is 0.426 bits per heavy atom. The summed E-state index contributed by atoms with van der Waals surface area (Å²) in [6, 6.07) is 67.4. The highest BCUT2D eigenvalue weighted by Crippen LogP contribution is 2.62. The number of nitrogens with zero attached hydrogens (tertiary/aromatic N) is 6. The molecule has 282 valence electrons. The van der Waals surface area contributed by atoms with Gasteiger partial charge in [-0.25, -0.2) is 15.0 Å². The van der Waals surface area contributed by atoms with Crippen molar-refractivity contribution in [1.29, 1.82) is 10.5 Å². The Bertz CT molecular complexity index is 3400. The fraction of sp³-hybridized carbons (Fsp3) is 0.0185. The molecule has 2 aromatic heterocycles. The van der Waals surface area contributed by atoms with Crippen molar-refractivity contribution in [3.8, 4) is 63.1 Å². The lowest BCUT2D eigenvalue weighted by Gasteiger charge is -2.39. The molecular weight excluding hydrogens is 765 g/mol. The van der Waals surface area contributed by atoms with Crippen LogP contribution in [-0.4, -0.2) is 19.5 Å². The van der Waals surface area contributed by atoms with E-state index >= 15 is 0 Å². The molecule has 0 fully saturated rings. The highest BCUT2D eigenvalue weighted by molar-refractivity contribution is 7.99. The van der Waals surface area contributed by atoms with Crippen molar-refractivity contribution >= 4 is 33.6 Å². The van der Waals surface area contributed by atoms with E-state index in [0.29, 0.717) is 39.9 Å². The maximum absolute atomic E-state index is 11.0. The van der Waals surface area contributed by atoms with E-state index in [1.54, 1.807) is 12.1 Å². The van der Waals surface area contributed by atoms with Gasteiger partial charge in [0.25, 0.3) is 0 Å². The normalized spacial score (nSPS) is 13.0. The van der Waals surface area contributed by atoms with Crippen LogP contribution >= 0.6 is 11.8 Å². The molecule has 3 heterocycles. The number of fused-ring (bicyclic) bond motifs is 12. The first kappa shape index (κ1) is 34.9. The number of rotatable bonds is 4.